The van der Waals surface area contributed by atoms with Crippen LogP contribution in [-0.4, -0.2) is 54.1 Å². The van der Waals surface area contributed by atoms with Gasteiger partial charge in [0, 0.05) is 43.7 Å². The van der Waals surface area contributed by atoms with E-state index in [0.717, 1.165) is 38.2 Å². The van der Waals surface area contributed by atoms with Crippen LogP contribution in [0.25, 0.3) is 0 Å². The summed E-state index contributed by atoms with van der Waals surface area (Å²) in [6.45, 7) is 4.41. The summed E-state index contributed by atoms with van der Waals surface area (Å²) >= 11 is 0. The molecule has 2 heterocycles. The summed E-state index contributed by atoms with van der Waals surface area (Å²) in [6, 6.07) is 9.74. The Kier molecular flexibility index (Phi) is 7.68. The molecule has 152 valence electrons. The van der Waals surface area contributed by atoms with Gasteiger partial charge in [-0.25, -0.2) is 9.97 Å². The maximum Gasteiger partial charge on any atom is 0.251 e. The summed E-state index contributed by atoms with van der Waals surface area (Å²) in [6.07, 6.45) is 6.57. The molecule has 1 fully saturated rings. The van der Waals surface area contributed by atoms with Gasteiger partial charge in [0.25, 0.3) is 5.91 Å². The van der Waals surface area contributed by atoms with Crippen LogP contribution in [0.3, 0.4) is 0 Å². The first-order valence-electron chi connectivity index (χ1n) is 9.97. The zero-order valence-corrected chi connectivity index (χ0v) is 16.8. The van der Waals surface area contributed by atoms with E-state index in [4.69, 9.17) is 10.00 Å². The smallest absolute Gasteiger partial charge is 0.251 e. The Bertz CT molecular complexity index is 822. The molecule has 0 radical (unpaired) electrons. The summed E-state index contributed by atoms with van der Waals surface area (Å²) < 4.78 is 5.16. The highest BCUT2D eigenvalue weighted by Crippen LogP contribution is 2.21. The monoisotopic (exact) mass is 393 g/mol. The largest absolute Gasteiger partial charge is 0.383 e. The van der Waals surface area contributed by atoms with Crippen molar-refractivity contribution >= 4 is 5.91 Å². The molecule has 1 aliphatic rings. The van der Waals surface area contributed by atoms with Crippen molar-refractivity contribution in [1.29, 1.82) is 5.26 Å². The molecule has 29 heavy (non-hydrogen) atoms. The Labute approximate surface area is 171 Å². The molecule has 2 aromatic rings. The second-order valence-electron chi connectivity index (χ2n) is 7.39. The molecular formula is C22H27N5O2. The van der Waals surface area contributed by atoms with Crippen LogP contribution in [0.15, 0.2) is 36.7 Å². The molecule has 1 amide bonds. The number of benzene rings is 1. The Hall–Kier alpha value is -2.82. The van der Waals surface area contributed by atoms with Crippen molar-refractivity contribution < 1.29 is 9.53 Å². The minimum Gasteiger partial charge on any atom is -0.383 e. The topological polar surface area (TPSA) is 91.1 Å². The fraction of sp³-hybridized carbons (Fsp3) is 0.455. The highest BCUT2D eigenvalue weighted by molar-refractivity contribution is 5.94. The van der Waals surface area contributed by atoms with Gasteiger partial charge in [-0.2, -0.15) is 5.26 Å². The van der Waals surface area contributed by atoms with Crippen molar-refractivity contribution in [2.75, 3.05) is 33.4 Å². The van der Waals surface area contributed by atoms with Gasteiger partial charge < -0.3 is 15.0 Å². The highest BCUT2D eigenvalue weighted by Gasteiger charge is 2.19. The van der Waals surface area contributed by atoms with Gasteiger partial charge >= 0.3 is 0 Å². The zero-order valence-electron chi connectivity index (χ0n) is 16.8. The second kappa shape index (κ2) is 10.6. The SMILES string of the molecule is COCCN1CCC(Cc2ccc(C(=O)NCc3cnc(C#N)nc3)cc2)CC1. The lowest BCUT2D eigenvalue weighted by Crippen LogP contribution is -2.36. The number of nitriles is 1. The van der Waals surface area contributed by atoms with E-state index in [-0.39, 0.29) is 11.7 Å². The third-order valence-corrected chi connectivity index (χ3v) is 5.32. The number of piperidine rings is 1. The highest BCUT2D eigenvalue weighted by atomic mass is 16.5. The summed E-state index contributed by atoms with van der Waals surface area (Å²) in [5.74, 6) is 0.688. The van der Waals surface area contributed by atoms with Crippen molar-refractivity contribution in [1.82, 2.24) is 20.2 Å². The number of aromatic nitrogens is 2. The van der Waals surface area contributed by atoms with Gasteiger partial charge in [-0.15, -0.1) is 0 Å². The van der Waals surface area contributed by atoms with E-state index in [2.05, 4.69) is 32.3 Å². The van der Waals surface area contributed by atoms with Gasteiger partial charge in [-0.1, -0.05) is 12.1 Å². The predicted octanol–water partition coefficient (Wildman–Crippen LogP) is 2.18. The molecule has 0 bridgehead atoms. The number of carbonyl (C=O) groups is 1. The second-order valence-corrected chi connectivity index (χ2v) is 7.39. The number of hydrogen-bond acceptors (Lipinski definition) is 6. The van der Waals surface area contributed by atoms with Gasteiger partial charge in [0.05, 0.1) is 6.61 Å². The van der Waals surface area contributed by atoms with Gasteiger partial charge in [0.1, 0.15) is 6.07 Å². The van der Waals surface area contributed by atoms with E-state index >= 15 is 0 Å². The van der Waals surface area contributed by atoms with Gasteiger partial charge in [-0.05, 0) is 56.0 Å². The summed E-state index contributed by atoms with van der Waals surface area (Å²) in [5.41, 5.74) is 2.67. The molecule has 1 aliphatic heterocycles. The fourth-order valence-electron chi connectivity index (χ4n) is 3.55. The number of carbonyl (C=O) groups excluding carboxylic acids is 1. The Morgan fingerprint density at radius 1 is 1.21 bits per heavy atom. The summed E-state index contributed by atoms with van der Waals surface area (Å²) in [4.78, 5) is 22.6. The van der Waals surface area contributed by atoms with Crippen LogP contribution < -0.4 is 5.32 Å². The molecule has 0 saturated carbocycles. The Balaban J connectivity index is 1.44. The van der Waals surface area contributed by atoms with E-state index in [1.165, 1.54) is 18.4 Å². The Morgan fingerprint density at radius 3 is 2.52 bits per heavy atom. The standard InChI is InChI=1S/C22H27N5O2/c1-29-11-10-27-8-6-18(7-9-27)12-17-2-4-20(5-3-17)22(28)26-16-19-14-24-21(13-23)25-15-19/h2-5,14-15,18H,6-12,16H2,1H3,(H,26,28). The van der Waals surface area contributed by atoms with Gasteiger partial charge in [-0.3, -0.25) is 4.79 Å². The van der Waals surface area contributed by atoms with E-state index in [0.29, 0.717) is 18.0 Å². The Morgan fingerprint density at radius 2 is 1.90 bits per heavy atom. The van der Waals surface area contributed by atoms with Gasteiger partial charge in [0.2, 0.25) is 5.82 Å². The molecule has 0 spiro atoms. The van der Waals surface area contributed by atoms with Crippen LogP contribution in [0.2, 0.25) is 0 Å². The maximum atomic E-state index is 12.3. The van der Waals surface area contributed by atoms with Crippen LogP contribution >= 0.6 is 0 Å². The molecule has 1 N–H and O–H groups in total. The number of amides is 1. The minimum absolute atomic E-state index is 0.122. The number of rotatable bonds is 8. The molecule has 7 nitrogen and oxygen atoms in total. The van der Waals surface area contributed by atoms with Crippen LogP contribution in [0, 0.1) is 17.2 Å². The number of likely N-dealkylation sites (tertiary alicyclic amines) is 1. The summed E-state index contributed by atoms with van der Waals surface area (Å²) in [7, 11) is 1.75. The number of hydrogen-bond donors (Lipinski definition) is 1. The summed E-state index contributed by atoms with van der Waals surface area (Å²) in [5, 5.41) is 11.6. The molecule has 0 atom stereocenters. The molecule has 1 aromatic heterocycles. The van der Waals surface area contributed by atoms with Crippen molar-refractivity contribution in [3.63, 3.8) is 0 Å². The van der Waals surface area contributed by atoms with Crippen molar-refractivity contribution in [2.24, 2.45) is 5.92 Å². The predicted molar refractivity (Wildman–Crippen MR) is 109 cm³/mol. The first-order valence-corrected chi connectivity index (χ1v) is 9.97. The van der Waals surface area contributed by atoms with Gasteiger partial charge in [0.15, 0.2) is 0 Å². The first-order chi connectivity index (χ1) is 14.2. The van der Waals surface area contributed by atoms with E-state index in [1.54, 1.807) is 19.5 Å². The van der Waals surface area contributed by atoms with Crippen LogP contribution in [0.5, 0.6) is 0 Å². The molecule has 0 unspecified atom stereocenters. The lowest BCUT2D eigenvalue weighted by Gasteiger charge is -2.31. The molecule has 7 heteroatoms. The lowest BCUT2D eigenvalue weighted by molar-refractivity contribution is 0.0951. The number of nitrogens with zero attached hydrogens (tertiary/aromatic N) is 4. The molecule has 1 saturated heterocycles. The van der Waals surface area contributed by atoms with Crippen molar-refractivity contribution in [3.8, 4) is 6.07 Å². The third-order valence-electron chi connectivity index (χ3n) is 5.32. The van der Waals surface area contributed by atoms with Crippen molar-refractivity contribution in [2.45, 2.75) is 25.8 Å². The van der Waals surface area contributed by atoms with Crippen LogP contribution in [-0.2, 0) is 17.7 Å². The number of ether oxygens (including phenoxy) is 1. The molecular weight excluding hydrogens is 366 g/mol. The average molecular weight is 393 g/mol. The number of nitrogens with one attached hydrogen (secondary N) is 1. The lowest BCUT2D eigenvalue weighted by atomic mass is 9.90. The molecule has 1 aromatic carbocycles. The zero-order chi connectivity index (χ0) is 20.5. The van der Waals surface area contributed by atoms with Crippen molar-refractivity contribution in [3.05, 3.63) is 59.2 Å². The molecule has 3 rings (SSSR count). The van der Waals surface area contributed by atoms with E-state index in [9.17, 15) is 4.79 Å². The maximum absolute atomic E-state index is 12.3. The van der Waals surface area contributed by atoms with Crippen LogP contribution in [0.4, 0.5) is 0 Å². The average Bonchev–Trinajstić information content (AvgIpc) is 2.78. The first kappa shape index (κ1) is 20.9. The van der Waals surface area contributed by atoms with E-state index in [1.807, 2.05) is 18.2 Å². The molecule has 0 aliphatic carbocycles. The fourth-order valence-corrected chi connectivity index (χ4v) is 3.55. The number of methoxy groups -OCH3 is 1. The normalized spacial score (nSPS) is 15.0. The quantitative estimate of drug-likeness (QED) is 0.739. The van der Waals surface area contributed by atoms with Crippen LogP contribution in [0.1, 0.15) is 40.2 Å². The minimum atomic E-state index is -0.132. The third kappa shape index (κ3) is 6.34. The van der Waals surface area contributed by atoms with E-state index < -0.39 is 0 Å².